The number of rotatable bonds is 5. The number of aliphatic hydroxyl groups is 1. The van der Waals surface area contributed by atoms with Crippen LogP contribution in [0.15, 0.2) is 40.5 Å². The molecule has 11 heteroatoms. The minimum absolute atomic E-state index is 0.0613. The predicted octanol–water partition coefficient (Wildman–Crippen LogP) is 0.926. The lowest BCUT2D eigenvalue weighted by molar-refractivity contribution is -0.139. The lowest BCUT2D eigenvalue weighted by Gasteiger charge is -2.39. The van der Waals surface area contributed by atoms with E-state index in [1.165, 1.54) is 19.1 Å². The minimum atomic E-state index is -0.953. The van der Waals surface area contributed by atoms with Crippen molar-refractivity contribution < 1.29 is 29.0 Å². The number of likely N-dealkylation sites (N-methyl/N-ethyl adjacent to an activating group) is 1. The third kappa shape index (κ3) is 3.24. The zero-order chi connectivity index (χ0) is 23.9. The highest BCUT2D eigenvalue weighted by atomic mass is 79.9. The van der Waals surface area contributed by atoms with Crippen LogP contribution in [0.25, 0.3) is 0 Å². The number of nitrogens with zero attached hydrogens (tertiary/aromatic N) is 3. The van der Waals surface area contributed by atoms with Crippen LogP contribution in [0.1, 0.15) is 12.0 Å². The number of esters is 2. The first-order valence-electron chi connectivity index (χ1n) is 10.4. The molecule has 1 saturated heterocycles. The maximum atomic E-state index is 13.2. The molecule has 0 radical (unpaired) electrons. The first-order chi connectivity index (χ1) is 15.9. The number of anilines is 1. The average Bonchev–Trinajstić information content (AvgIpc) is 3.31. The number of nitrogens with one attached hydrogen (secondary N) is 1. The van der Waals surface area contributed by atoms with E-state index in [1.807, 2.05) is 36.2 Å². The Labute approximate surface area is 199 Å². The lowest BCUT2D eigenvalue weighted by Crippen LogP contribution is -2.56. The SMILES string of the molecule is COC(=O)C1=C(C(=O)OC)C2N(C)c3ccccc3[C@@]23CC(CO)N(C(=O)NCCBr)C3=N1. The van der Waals surface area contributed by atoms with E-state index >= 15 is 0 Å². The molecule has 0 aliphatic carbocycles. The summed E-state index contributed by atoms with van der Waals surface area (Å²) in [6.45, 7) is 0.0447. The quantitative estimate of drug-likeness (QED) is 0.437. The summed E-state index contributed by atoms with van der Waals surface area (Å²) < 4.78 is 9.98. The first kappa shape index (κ1) is 23.2. The van der Waals surface area contributed by atoms with E-state index in [0.717, 1.165) is 11.3 Å². The molecular formula is C22H25BrN4O6. The van der Waals surface area contributed by atoms with Gasteiger partial charge in [-0.25, -0.2) is 19.4 Å². The van der Waals surface area contributed by atoms with E-state index in [9.17, 15) is 19.5 Å². The molecule has 10 nitrogen and oxygen atoms in total. The number of aliphatic hydroxyl groups excluding tert-OH is 1. The molecule has 176 valence electrons. The Bertz CT molecular complexity index is 1070. The van der Waals surface area contributed by atoms with Gasteiger partial charge in [-0.2, -0.15) is 0 Å². The number of fused-ring (bicyclic) bond motifs is 1. The third-order valence-electron chi connectivity index (χ3n) is 6.50. The van der Waals surface area contributed by atoms with E-state index in [2.05, 4.69) is 26.2 Å². The van der Waals surface area contributed by atoms with E-state index in [1.54, 1.807) is 0 Å². The Morgan fingerprint density at radius 1 is 1.24 bits per heavy atom. The Morgan fingerprint density at radius 3 is 2.58 bits per heavy atom. The van der Waals surface area contributed by atoms with Gasteiger partial charge in [0, 0.05) is 24.6 Å². The van der Waals surface area contributed by atoms with Crippen molar-refractivity contribution in [2.75, 3.05) is 44.6 Å². The zero-order valence-electron chi connectivity index (χ0n) is 18.5. The number of carbonyl (C=O) groups excluding carboxylic acids is 3. The number of methoxy groups -OCH3 is 2. The fourth-order valence-electron chi connectivity index (χ4n) is 5.29. The number of hydrogen-bond donors (Lipinski definition) is 2. The van der Waals surface area contributed by atoms with E-state index in [-0.39, 0.29) is 17.9 Å². The standard InChI is InChI=1S/C22H25BrN4O6/c1-26-14-7-5-4-6-13(14)22-10-12(11-28)27(21(31)24-9-8-23)20(22)25-16(19(30)33-3)15(17(22)26)18(29)32-2/h4-7,12,17,28H,8-11H2,1-3H3,(H,24,31)/t12?,17?,22-/m0/s1. The topological polar surface area (TPSA) is 121 Å². The molecule has 3 heterocycles. The normalized spacial score (nSPS) is 25.2. The number of likely N-dealkylation sites (tertiary alicyclic amines) is 1. The summed E-state index contributed by atoms with van der Waals surface area (Å²) in [5, 5.41) is 13.6. The second kappa shape index (κ2) is 8.79. The molecule has 0 bridgehead atoms. The summed E-state index contributed by atoms with van der Waals surface area (Å²) in [4.78, 5) is 46.8. The van der Waals surface area contributed by atoms with E-state index < -0.39 is 35.5 Å². The molecule has 1 aromatic carbocycles. The monoisotopic (exact) mass is 520 g/mol. The molecule has 33 heavy (non-hydrogen) atoms. The van der Waals surface area contributed by atoms with E-state index in [0.29, 0.717) is 24.1 Å². The van der Waals surface area contributed by atoms with Gasteiger partial charge < -0.3 is 24.8 Å². The minimum Gasteiger partial charge on any atom is -0.466 e. The Balaban J connectivity index is 2.02. The molecule has 2 N–H and O–H groups in total. The number of benzene rings is 1. The molecular weight excluding hydrogens is 496 g/mol. The summed E-state index contributed by atoms with van der Waals surface area (Å²) in [6, 6.07) is 5.84. The highest BCUT2D eigenvalue weighted by Gasteiger charge is 2.65. The van der Waals surface area contributed by atoms with Crippen molar-refractivity contribution in [3.63, 3.8) is 0 Å². The van der Waals surface area contributed by atoms with Gasteiger partial charge >= 0.3 is 18.0 Å². The number of amidine groups is 1. The van der Waals surface area contributed by atoms with Crippen LogP contribution >= 0.6 is 15.9 Å². The molecule has 2 unspecified atom stereocenters. The maximum Gasteiger partial charge on any atom is 0.357 e. The summed E-state index contributed by atoms with van der Waals surface area (Å²) in [7, 11) is 4.26. The van der Waals surface area contributed by atoms with Crippen molar-refractivity contribution in [2.45, 2.75) is 23.9 Å². The van der Waals surface area contributed by atoms with Crippen LogP contribution < -0.4 is 10.2 Å². The van der Waals surface area contributed by atoms with Gasteiger partial charge in [-0.3, -0.25) is 4.90 Å². The molecule has 4 rings (SSSR count). The molecule has 1 fully saturated rings. The predicted molar refractivity (Wildman–Crippen MR) is 123 cm³/mol. The van der Waals surface area contributed by atoms with Gasteiger partial charge in [-0.05, 0) is 18.1 Å². The van der Waals surface area contributed by atoms with Crippen molar-refractivity contribution in [3.05, 3.63) is 41.1 Å². The van der Waals surface area contributed by atoms with Crippen LogP contribution in [0.2, 0.25) is 0 Å². The highest BCUT2D eigenvalue weighted by molar-refractivity contribution is 9.09. The third-order valence-corrected chi connectivity index (χ3v) is 6.90. The molecule has 0 saturated carbocycles. The van der Waals surface area contributed by atoms with Gasteiger partial charge in [-0.1, -0.05) is 34.1 Å². The van der Waals surface area contributed by atoms with Crippen LogP contribution in [-0.4, -0.2) is 85.6 Å². The molecule has 2 amide bonds. The average molecular weight is 521 g/mol. The second-order valence-electron chi connectivity index (χ2n) is 8.01. The number of urea groups is 1. The van der Waals surface area contributed by atoms with Gasteiger partial charge in [0.15, 0.2) is 5.70 Å². The van der Waals surface area contributed by atoms with Crippen molar-refractivity contribution in [1.82, 2.24) is 10.2 Å². The number of halogens is 1. The summed E-state index contributed by atoms with van der Waals surface area (Å²) in [5.74, 6) is -1.22. The lowest BCUT2D eigenvalue weighted by atomic mass is 9.69. The number of amides is 2. The number of alkyl halides is 1. The molecule has 1 aromatic rings. The van der Waals surface area contributed by atoms with Crippen molar-refractivity contribution >= 4 is 45.4 Å². The fraction of sp³-hybridized carbons (Fsp3) is 0.455. The summed E-state index contributed by atoms with van der Waals surface area (Å²) >= 11 is 3.29. The van der Waals surface area contributed by atoms with E-state index in [4.69, 9.17) is 9.47 Å². The van der Waals surface area contributed by atoms with Gasteiger partial charge in [0.1, 0.15) is 5.84 Å². The Hall–Kier alpha value is -2.92. The maximum absolute atomic E-state index is 13.2. The number of carbonyl (C=O) groups is 3. The number of hydrogen-bond acceptors (Lipinski definition) is 8. The molecule has 3 aliphatic heterocycles. The largest absolute Gasteiger partial charge is 0.466 e. The molecule has 3 aliphatic rings. The molecule has 1 spiro atoms. The highest BCUT2D eigenvalue weighted by Crippen LogP contribution is 2.57. The van der Waals surface area contributed by atoms with Gasteiger partial charge in [0.2, 0.25) is 0 Å². The number of para-hydroxylation sites is 1. The van der Waals surface area contributed by atoms with Crippen molar-refractivity contribution in [3.8, 4) is 0 Å². The Kier molecular flexibility index (Phi) is 6.19. The first-order valence-corrected chi connectivity index (χ1v) is 11.6. The van der Waals surface area contributed by atoms with Crippen LogP contribution in [0.5, 0.6) is 0 Å². The zero-order valence-corrected chi connectivity index (χ0v) is 20.1. The van der Waals surface area contributed by atoms with Crippen LogP contribution in [0, 0.1) is 0 Å². The Morgan fingerprint density at radius 2 is 1.94 bits per heavy atom. The second-order valence-corrected chi connectivity index (χ2v) is 8.81. The molecule has 3 atom stereocenters. The van der Waals surface area contributed by atoms with Gasteiger partial charge in [0.25, 0.3) is 0 Å². The van der Waals surface area contributed by atoms with Crippen molar-refractivity contribution in [1.29, 1.82) is 0 Å². The number of aliphatic imine (C=N–C) groups is 1. The van der Waals surface area contributed by atoms with Crippen molar-refractivity contribution in [2.24, 2.45) is 4.99 Å². The summed E-state index contributed by atoms with van der Waals surface area (Å²) in [6.07, 6.45) is 0.311. The van der Waals surface area contributed by atoms with Crippen LogP contribution in [-0.2, 0) is 24.5 Å². The fourth-order valence-corrected chi connectivity index (χ4v) is 5.49. The summed E-state index contributed by atoms with van der Waals surface area (Å²) in [5.41, 5.74) is 0.589. The molecule has 0 aromatic heterocycles. The smallest absolute Gasteiger partial charge is 0.357 e. The van der Waals surface area contributed by atoms with Gasteiger partial charge in [-0.15, -0.1) is 0 Å². The number of ether oxygens (including phenoxy) is 2. The van der Waals surface area contributed by atoms with Gasteiger partial charge in [0.05, 0.1) is 43.9 Å². The van der Waals surface area contributed by atoms with Crippen LogP contribution in [0.3, 0.4) is 0 Å². The van der Waals surface area contributed by atoms with Crippen LogP contribution in [0.4, 0.5) is 10.5 Å².